The van der Waals surface area contributed by atoms with Gasteiger partial charge < -0.3 is 14.8 Å². The van der Waals surface area contributed by atoms with Crippen LogP contribution in [0.15, 0.2) is 24.3 Å². The molecule has 0 aliphatic carbocycles. The Morgan fingerprint density at radius 2 is 1.45 bits per heavy atom. The van der Waals surface area contributed by atoms with E-state index in [1.165, 1.54) is 52.0 Å². The Morgan fingerprint density at radius 3 is 1.94 bits per heavy atom. The fraction of sp³-hybridized carbons (Fsp3) is 0.640. The number of hydrogen-bond acceptors (Lipinski definition) is 5. The second-order valence-corrected chi connectivity index (χ2v) is 8.48. The highest BCUT2D eigenvalue weighted by atomic mass is 16.6. The minimum absolute atomic E-state index is 0.0961. The van der Waals surface area contributed by atoms with E-state index < -0.39 is 30.2 Å². The monoisotopic (exact) mass is 433 g/mol. The smallest absolute Gasteiger partial charge is 0.303 e. The highest BCUT2D eigenvalue weighted by molar-refractivity contribution is 5.74. The molecule has 1 aromatic rings. The van der Waals surface area contributed by atoms with Gasteiger partial charge in [0.15, 0.2) is 6.10 Å². The molecule has 1 amide bonds. The molecule has 0 aromatic heterocycles. The molecular weight excluding hydrogens is 394 g/mol. The first kappa shape index (κ1) is 26.7. The van der Waals surface area contributed by atoms with Crippen molar-refractivity contribution in [3.63, 3.8) is 0 Å². The lowest BCUT2D eigenvalue weighted by molar-refractivity contribution is -0.160. The van der Waals surface area contributed by atoms with Crippen molar-refractivity contribution in [3.8, 4) is 0 Å². The zero-order chi connectivity index (χ0) is 23.4. The predicted octanol–water partition coefficient (Wildman–Crippen LogP) is 4.90. The molecule has 0 radical (unpaired) electrons. The molecule has 0 saturated carbocycles. The Morgan fingerprint density at radius 1 is 0.871 bits per heavy atom. The number of unbranched alkanes of at least 4 members (excludes halogenated alkanes) is 4. The van der Waals surface area contributed by atoms with Gasteiger partial charge in [0.1, 0.15) is 12.1 Å². The summed E-state index contributed by atoms with van der Waals surface area (Å²) in [5.41, 5.74) is 1.97. The van der Waals surface area contributed by atoms with E-state index >= 15 is 0 Å². The molecule has 1 N–H and O–H groups in total. The standard InChI is InChI=1S/C25H39NO5/c1-7-8-9-10-11-12-21-13-15-22(16-14-21)25(31-20(6)29)23(26-18(4)27)24(17(2)3)30-19(5)28/h13-17,23-25H,7-12H2,1-6H3,(H,26,27). The number of hydrogen-bond donors (Lipinski definition) is 1. The van der Waals surface area contributed by atoms with E-state index in [1.807, 2.05) is 38.1 Å². The molecule has 6 nitrogen and oxygen atoms in total. The molecule has 0 bridgehead atoms. The van der Waals surface area contributed by atoms with E-state index in [2.05, 4.69) is 12.2 Å². The summed E-state index contributed by atoms with van der Waals surface area (Å²) in [6.07, 6.45) is 5.70. The molecule has 0 aliphatic rings. The molecule has 0 aliphatic heterocycles. The van der Waals surface area contributed by atoms with Crippen LogP contribution in [-0.4, -0.2) is 30.0 Å². The van der Waals surface area contributed by atoms with Crippen LogP contribution in [-0.2, 0) is 30.3 Å². The number of rotatable bonds is 13. The van der Waals surface area contributed by atoms with Crippen molar-refractivity contribution in [1.82, 2.24) is 5.32 Å². The van der Waals surface area contributed by atoms with Gasteiger partial charge in [0, 0.05) is 20.8 Å². The molecule has 1 rings (SSSR count). The molecule has 0 fully saturated rings. The van der Waals surface area contributed by atoms with Gasteiger partial charge in [-0.1, -0.05) is 70.7 Å². The van der Waals surface area contributed by atoms with Gasteiger partial charge in [-0.3, -0.25) is 14.4 Å². The second-order valence-electron chi connectivity index (χ2n) is 8.48. The van der Waals surface area contributed by atoms with Gasteiger partial charge in [0.25, 0.3) is 0 Å². The Labute approximate surface area is 187 Å². The van der Waals surface area contributed by atoms with Gasteiger partial charge in [-0.2, -0.15) is 0 Å². The SMILES string of the molecule is CCCCCCCc1ccc(C(OC(C)=O)C(NC(C)=O)C(OC(C)=O)C(C)C)cc1. The number of ether oxygens (including phenoxy) is 2. The third-order valence-corrected chi connectivity index (χ3v) is 5.18. The van der Waals surface area contributed by atoms with Crippen LogP contribution in [0.5, 0.6) is 0 Å². The number of nitrogens with one attached hydrogen (secondary N) is 1. The average Bonchev–Trinajstić information content (AvgIpc) is 2.68. The molecule has 3 unspecified atom stereocenters. The Hall–Kier alpha value is -2.37. The van der Waals surface area contributed by atoms with Crippen LogP contribution in [0.25, 0.3) is 0 Å². The molecule has 3 atom stereocenters. The maximum Gasteiger partial charge on any atom is 0.303 e. The maximum atomic E-state index is 11.9. The van der Waals surface area contributed by atoms with Crippen LogP contribution in [0.1, 0.15) is 90.9 Å². The van der Waals surface area contributed by atoms with E-state index in [0.717, 1.165) is 18.4 Å². The van der Waals surface area contributed by atoms with E-state index in [4.69, 9.17) is 9.47 Å². The van der Waals surface area contributed by atoms with Crippen LogP contribution < -0.4 is 5.32 Å². The summed E-state index contributed by atoms with van der Waals surface area (Å²) in [6, 6.07) is 7.22. The number of carbonyl (C=O) groups excluding carboxylic acids is 3. The van der Waals surface area contributed by atoms with Crippen molar-refractivity contribution in [1.29, 1.82) is 0 Å². The normalized spacial score (nSPS) is 13.9. The van der Waals surface area contributed by atoms with Crippen LogP contribution >= 0.6 is 0 Å². The zero-order valence-electron chi connectivity index (χ0n) is 19.9. The molecule has 6 heteroatoms. The van der Waals surface area contributed by atoms with Crippen LogP contribution in [0.4, 0.5) is 0 Å². The maximum absolute atomic E-state index is 11.9. The van der Waals surface area contributed by atoms with E-state index in [1.54, 1.807) is 0 Å². The summed E-state index contributed by atoms with van der Waals surface area (Å²) >= 11 is 0. The topological polar surface area (TPSA) is 81.7 Å². The summed E-state index contributed by atoms with van der Waals surface area (Å²) in [5.74, 6) is -1.30. The minimum atomic E-state index is -0.772. The first-order valence-electron chi connectivity index (χ1n) is 11.4. The lowest BCUT2D eigenvalue weighted by Crippen LogP contribution is -2.51. The van der Waals surface area contributed by atoms with Gasteiger partial charge in [0.05, 0.1) is 0 Å². The Kier molecular flexibility index (Phi) is 11.9. The van der Waals surface area contributed by atoms with Gasteiger partial charge in [0.2, 0.25) is 5.91 Å². The van der Waals surface area contributed by atoms with Crippen LogP contribution in [0, 0.1) is 5.92 Å². The number of amides is 1. The van der Waals surface area contributed by atoms with Gasteiger partial charge in [-0.05, 0) is 29.9 Å². The third kappa shape index (κ3) is 9.99. The first-order chi connectivity index (χ1) is 14.6. The Bertz CT molecular complexity index is 698. The predicted molar refractivity (Wildman–Crippen MR) is 121 cm³/mol. The minimum Gasteiger partial charge on any atom is -0.460 e. The van der Waals surface area contributed by atoms with E-state index in [-0.39, 0.29) is 11.8 Å². The lowest BCUT2D eigenvalue weighted by atomic mass is 9.90. The second kappa shape index (κ2) is 13.8. The van der Waals surface area contributed by atoms with Crippen molar-refractivity contribution in [3.05, 3.63) is 35.4 Å². The number of benzene rings is 1. The quantitative estimate of drug-likeness (QED) is 0.354. The van der Waals surface area contributed by atoms with Gasteiger partial charge in [-0.15, -0.1) is 0 Å². The van der Waals surface area contributed by atoms with Crippen molar-refractivity contribution in [2.45, 2.75) is 98.3 Å². The van der Waals surface area contributed by atoms with Crippen LogP contribution in [0.3, 0.4) is 0 Å². The number of esters is 2. The summed E-state index contributed by atoms with van der Waals surface area (Å²) in [5, 5.41) is 2.85. The first-order valence-corrected chi connectivity index (χ1v) is 11.4. The summed E-state index contributed by atoms with van der Waals surface area (Å²) in [6.45, 7) is 10.1. The number of carbonyl (C=O) groups is 3. The fourth-order valence-corrected chi connectivity index (χ4v) is 3.71. The van der Waals surface area contributed by atoms with Crippen molar-refractivity contribution in [2.24, 2.45) is 5.92 Å². The third-order valence-electron chi connectivity index (χ3n) is 5.18. The largest absolute Gasteiger partial charge is 0.460 e. The summed E-state index contributed by atoms with van der Waals surface area (Å²) in [7, 11) is 0. The molecule has 174 valence electrons. The van der Waals surface area contributed by atoms with Crippen molar-refractivity contribution < 1.29 is 23.9 Å². The van der Waals surface area contributed by atoms with E-state index in [9.17, 15) is 14.4 Å². The number of aryl methyl sites for hydroxylation is 1. The molecule has 0 heterocycles. The van der Waals surface area contributed by atoms with Gasteiger partial charge >= 0.3 is 11.9 Å². The summed E-state index contributed by atoms with van der Waals surface area (Å²) < 4.78 is 11.2. The average molecular weight is 434 g/mol. The zero-order valence-corrected chi connectivity index (χ0v) is 19.9. The highest BCUT2D eigenvalue weighted by Gasteiger charge is 2.37. The molecule has 1 aromatic carbocycles. The van der Waals surface area contributed by atoms with E-state index in [0.29, 0.717) is 0 Å². The molecule has 31 heavy (non-hydrogen) atoms. The Balaban J connectivity index is 3.12. The molecular formula is C25H39NO5. The molecule has 0 spiro atoms. The molecule has 0 saturated heterocycles. The highest BCUT2D eigenvalue weighted by Crippen LogP contribution is 2.29. The lowest BCUT2D eigenvalue weighted by Gasteiger charge is -2.35. The fourth-order valence-electron chi connectivity index (χ4n) is 3.71. The van der Waals surface area contributed by atoms with Crippen molar-refractivity contribution >= 4 is 17.8 Å². The van der Waals surface area contributed by atoms with Crippen molar-refractivity contribution in [2.75, 3.05) is 0 Å². The van der Waals surface area contributed by atoms with Crippen LogP contribution in [0.2, 0.25) is 0 Å². The van der Waals surface area contributed by atoms with Gasteiger partial charge in [-0.25, -0.2) is 0 Å². The summed E-state index contributed by atoms with van der Waals surface area (Å²) in [4.78, 5) is 35.5.